The summed E-state index contributed by atoms with van der Waals surface area (Å²) >= 11 is 0. The smallest absolute Gasteiger partial charge is 0.140 e. The van der Waals surface area contributed by atoms with E-state index in [1.807, 2.05) is 0 Å². The van der Waals surface area contributed by atoms with Crippen molar-refractivity contribution in [1.82, 2.24) is 14.8 Å². The third-order valence-electron chi connectivity index (χ3n) is 5.10. The Hall–Kier alpha value is -1.68. The second kappa shape index (κ2) is 5.26. The van der Waals surface area contributed by atoms with Crippen molar-refractivity contribution in [2.45, 2.75) is 44.6 Å². The fourth-order valence-electron chi connectivity index (χ4n) is 3.90. The molecule has 1 aliphatic carbocycles. The standard InChI is InChI=1S/C17H22N4/c18-11-12-8-9-21-16(10-12)19-20-17(21)15-7-3-5-13-4-1-2-6-14(13)15/h1-2,4,6,12,15H,3,5,7-11,18H2. The highest BCUT2D eigenvalue weighted by Crippen LogP contribution is 2.36. The molecule has 0 saturated heterocycles. The maximum atomic E-state index is 5.82. The second-order valence-corrected chi connectivity index (χ2v) is 6.36. The molecule has 2 aromatic rings. The Morgan fingerprint density at radius 1 is 1.19 bits per heavy atom. The van der Waals surface area contributed by atoms with Gasteiger partial charge in [-0.25, -0.2) is 0 Å². The minimum Gasteiger partial charge on any atom is -0.330 e. The molecule has 2 atom stereocenters. The summed E-state index contributed by atoms with van der Waals surface area (Å²) in [5.74, 6) is 3.31. The Bertz CT molecular complexity index is 646. The maximum Gasteiger partial charge on any atom is 0.140 e. The molecular weight excluding hydrogens is 260 g/mol. The Balaban J connectivity index is 1.71. The highest BCUT2D eigenvalue weighted by atomic mass is 15.3. The van der Waals surface area contributed by atoms with E-state index < -0.39 is 0 Å². The van der Waals surface area contributed by atoms with E-state index in [1.54, 1.807) is 0 Å². The summed E-state index contributed by atoms with van der Waals surface area (Å²) in [5.41, 5.74) is 8.76. The molecule has 4 heteroatoms. The molecule has 0 fully saturated rings. The number of nitrogens with two attached hydrogens (primary N) is 1. The number of benzene rings is 1. The summed E-state index contributed by atoms with van der Waals surface area (Å²) < 4.78 is 2.36. The summed E-state index contributed by atoms with van der Waals surface area (Å²) in [4.78, 5) is 0. The van der Waals surface area contributed by atoms with Crippen LogP contribution in [0.25, 0.3) is 0 Å². The monoisotopic (exact) mass is 282 g/mol. The van der Waals surface area contributed by atoms with E-state index in [0.29, 0.717) is 11.8 Å². The van der Waals surface area contributed by atoms with E-state index in [1.165, 1.54) is 36.2 Å². The number of hydrogen-bond acceptors (Lipinski definition) is 3. The summed E-state index contributed by atoms with van der Waals surface area (Å²) in [7, 11) is 0. The van der Waals surface area contributed by atoms with E-state index in [9.17, 15) is 0 Å². The molecule has 0 amide bonds. The number of nitrogens with zero attached hydrogens (tertiary/aromatic N) is 3. The van der Waals surface area contributed by atoms with Gasteiger partial charge in [-0.1, -0.05) is 24.3 Å². The van der Waals surface area contributed by atoms with Gasteiger partial charge in [0.1, 0.15) is 11.6 Å². The molecule has 110 valence electrons. The quantitative estimate of drug-likeness (QED) is 0.919. The number of hydrogen-bond donors (Lipinski definition) is 1. The molecule has 0 spiro atoms. The van der Waals surface area contributed by atoms with Gasteiger partial charge in [-0.3, -0.25) is 0 Å². The SMILES string of the molecule is NCC1CCn2c(nnc2C2CCCc3ccccc32)C1. The van der Waals surface area contributed by atoms with Crippen LogP contribution in [0.1, 0.15) is 48.0 Å². The number of fused-ring (bicyclic) bond motifs is 2. The van der Waals surface area contributed by atoms with Gasteiger partial charge in [0, 0.05) is 18.9 Å². The first-order chi connectivity index (χ1) is 10.4. The van der Waals surface area contributed by atoms with Gasteiger partial charge in [0.05, 0.1) is 0 Å². The van der Waals surface area contributed by atoms with Gasteiger partial charge in [-0.05, 0) is 49.3 Å². The molecule has 2 N–H and O–H groups in total. The largest absolute Gasteiger partial charge is 0.330 e. The molecule has 4 rings (SSSR count). The third kappa shape index (κ3) is 2.18. The average Bonchev–Trinajstić information content (AvgIpc) is 2.97. The number of aromatic nitrogens is 3. The summed E-state index contributed by atoms with van der Waals surface area (Å²) in [6, 6.07) is 8.83. The predicted octanol–water partition coefficient (Wildman–Crippen LogP) is 2.27. The first kappa shape index (κ1) is 13.0. The van der Waals surface area contributed by atoms with Gasteiger partial charge >= 0.3 is 0 Å². The zero-order valence-electron chi connectivity index (χ0n) is 12.3. The van der Waals surface area contributed by atoms with Crippen LogP contribution in [0.4, 0.5) is 0 Å². The van der Waals surface area contributed by atoms with E-state index in [0.717, 1.165) is 31.8 Å². The fourth-order valence-corrected chi connectivity index (χ4v) is 3.90. The molecule has 0 saturated carbocycles. The second-order valence-electron chi connectivity index (χ2n) is 6.36. The summed E-state index contributed by atoms with van der Waals surface area (Å²) in [6.07, 6.45) is 5.77. The number of rotatable bonds is 2. The Morgan fingerprint density at radius 3 is 3.00 bits per heavy atom. The Morgan fingerprint density at radius 2 is 2.10 bits per heavy atom. The van der Waals surface area contributed by atoms with Gasteiger partial charge in [0.2, 0.25) is 0 Å². The lowest BCUT2D eigenvalue weighted by Crippen LogP contribution is -2.27. The zero-order valence-corrected chi connectivity index (χ0v) is 12.3. The van der Waals surface area contributed by atoms with Crippen molar-refractivity contribution in [3.8, 4) is 0 Å². The van der Waals surface area contributed by atoms with Crippen LogP contribution in [0, 0.1) is 5.92 Å². The Kier molecular flexibility index (Phi) is 3.26. The van der Waals surface area contributed by atoms with Crippen molar-refractivity contribution < 1.29 is 0 Å². The minimum atomic E-state index is 0.422. The molecule has 4 nitrogen and oxygen atoms in total. The van der Waals surface area contributed by atoms with E-state index in [4.69, 9.17) is 5.73 Å². The molecule has 1 aromatic carbocycles. The first-order valence-corrected chi connectivity index (χ1v) is 8.06. The predicted molar refractivity (Wildman–Crippen MR) is 82.1 cm³/mol. The van der Waals surface area contributed by atoms with Crippen LogP contribution in [0.2, 0.25) is 0 Å². The molecule has 2 heterocycles. The third-order valence-corrected chi connectivity index (χ3v) is 5.10. The van der Waals surface area contributed by atoms with Gasteiger partial charge in [-0.2, -0.15) is 0 Å². The molecule has 2 unspecified atom stereocenters. The lowest BCUT2D eigenvalue weighted by molar-refractivity contribution is 0.379. The summed E-state index contributed by atoms with van der Waals surface area (Å²) in [5, 5.41) is 9.02. The van der Waals surface area contributed by atoms with Gasteiger partial charge in [0.25, 0.3) is 0 Å². The summed E-state index contributed by atoms with van der Waals surface area (Å²) in [6.45, 7) is 1.78. The van der Waals surface area contributed by atoms with Crippen molar-refractivity contribution in [3.05, 3.63) is 47.0 Å². The van der Waals surface area contributed by atoms with Crippen LogP contribution in [0.3, 0.4) is 0 Å². The molecule has 0 bridgehead atoms. The van der Waals surface area contributed by atoms with Gasteiger partial charge in [0.15, 0.2) is 0 Å². The normalized spacial score (nSPS) is 24.4. The van der Waals surface area contributed by atoms with E-state index in [-0.39, 0.29) is 0 Å². The van der Waals surface area contributed by atoms with Crippen LogP contribution in [-0.4, -0.2) is 21.3 Å². The zero-order chi connectivity index (χ0) is 14.2. The molecule has 1 aliphatic heterocycles. The van der Waals surface area contributed by atoms with Crippen molar-refractivity contribution in [2.24, 2.45) is 11.7 Å². The molecule has 2 aliphatic rings. The van der Waals surface area contributed by atoms with Crippen LogP contribution < -0.4 is 5.73 Å². The van der Waals surface area contributed by atoms with Crippen molar-refractivity contribution in [1.29, 1.82) is 0 Å². The lowest BCUT2D eigenvalue weighted by atomic mass is 9.82. The van der Waals surface area contributed by atoms with Crippen LogP contribution >= 0.6 is 0 Å². The van der Waals surface area contributed by atoms with Crippen molar-refractivity contribution >= 4 is 0 Å². The highest BCUT2D eigenvalue weighted by Gasteiger charge is 2.29. The molecule has 1 aromatic heterocycles. The van der Waals surface area contributed by atoms with Crippen molar-refractivity contribution in [3.63, 3.8) is 0 Å². The minimum absolute atomic E-state index is 0.422. The topological polar surface area (TPSA) is 56.7 Å². The highest BCUT2D eigenvalue weighted by molar-refractivity contribution is 5.36. The first-order valence-electron chi connectivity index (χ1n) is 8.06. The van der Waals surface area contributed by atoms with Crippen LogP contribution in [-0.2, 0) is 19.4 Å². The maximum absolute atomic E-state index is 5.82. The van der Waals surface area contributed by atoms with Crippen molar-refractivity contribution in [2.75, 3.05) is 6.54 Å². The fraction of sp³-hybridized carbons (Fsp3) is 0.529. The Labute approximate surface area is 125 Å². The average molecular weight is 282 g/mol. The van der Waals surface area contributed by atoms with Crippen LogP contribution in [0.5, 0.6) is 0 Å². The number of aryl methyl sites for hydroxylation is 1. The van der Waals surface area contributed by atoms with Gasteiger partial charge in [-0.15, -0.1) is 10.2 Å². The lowest BCUT2D eigenvalue weighted by Gasteiger charge is -2.28. The van der Waals surface area contributed by atoms with E-state index in [2.05, 4.69) is 39.0 Å². The van der Waals surface area contributed by atoms with E-state index >= 15 is 0 Å². The van der Waals surface area contributed by atoms with Crippen LogP contribution in [0.15, 0.2) is 24.3 Å². The molecule has 21 heavy (non-hydrogen) atoms. The molecule has 0 radical (unpaired) electrons. The molecular formula is C17H22N4. The van der Waals surface area contributed by atoms with Gasteiger partial charge < -0.3 is 10.3 Å².